The molecule has 4 rings (SSSR count). The van der Waals surface area contributed by atoms with E-state index in [4.69, 9.17) is 4.74 Å². The third kappa shape index (κ3) is 4.83. The van der Waals surface area contributed by atoms with E-state index in [9.17, 15) is 19.1 Å². The van der Waals surface area contributed by atoms with E-state index in [-0.39, 0.29) is 29.8 Å². The summed E-state index contributed by atoms with van der Waals surface area (Å²) in [5.41, 5.74) is 1.32. The average molecular weight is 466 g/mol. The fourth-order valence-electron chi connectivity index (χ4n) is 3.90. The molecule has 1 unspecified atom stereocenters. The molecule has 0 bridgehead atoms. The predicted molar refractivity (Wildman–Crippen MR) is 126 cm³/mol. The van der Waals surface area contributed by atoms with E-state index in [2.05, 4.69) is 0 Å². The van der Waals surface area contributed by atoms with Gasteiger partial charge in [-0.2, -0.15) is 0 Å². The number of carbonyl (C=O) groups excluding carboxylic acids is 2. The zero-order valence-electron chi connectivity index (χ0n) is 18.3. The van der Waals surface area contributed by atoms with E-state index >= 15 is 0 Å². The molecule has 1 aromatic heterocycles. The van der Waals surface area contributed by atoms with Gasteiger partial charge in [-0.3, -0.25) is 9.59 Å². The monoisotopic (exact) mass is 465 g/mol. The Labute approximate surface area is 195 Å². The van der Waals surface area contributed by atoms with Crippen molar-refractivity contribution in [1.29, 1.82) is 0 Å². The summed E-state index contributed by atoms with van der Waals surface area (Å²) in [7, 11) is 0. The topological polar surface area (TPSA) is 66.8 Å². The van der Waals surface area contributed by atoms with Gasteiger partial charge in [0.15, 0.2) is 0 Å². The second-order valence-electron chi connectivity index (χ2n) is 8.08. The van der Waals surface area contributed by atoms with Crippen LogP contribution in [-0.2, 0) is 16.0 Å². The van der Waals surface area contributed by atoms with Crippen LogP contribution in [0.5, 0.6) is 5.75 Å². The van der Waals surface area contributed by atoms with Crippen molar-refractivity contribution in [1.82, 2.24) is 4.90 Å². The summed E-state index contributed by atoms with van der Waals surface area (Å²) in [6.07, 6.45) is 0.401. The van der Waals surface area contributed by atoms with Gasteiger partial charge in [-0.05, 0) is 61.5 Å². The van der Waals surface area contributed by atoms with Crippen molar-refractivity contribution >= 4 is 28.8 Å². The lowest BCUT2D eigenvalue weighted by molar-refractivity contribution is -0.139. The van der Waals surface area contributed by atoms with Crippen molar-refractivity contribution in [2.75, 3.05) is 6.54 Å². The fourth-order valence-corrected chi connectivity index (χ4v) is 4.74. The normalized spacial score (nSPS) is 17.7. The third-order valence-electron chi connectivity index (χ3n) is 5.39. The van der Waals surface area contributed by atoms with Crippen LogP contribution in [0.1, 0.15) is 35.9 Å². The van der Waals surface area contributed by atoms with Crippen molar-refractivity contribution < 1.29 is 23.8 Å². The Kier molecular flexibility index (Phi) is 6.60. The van der Waals surface area contributed by atoms with Crippen LogP contribution in [0.2, 0.25) is 0 Å². The standard InChI is InChI=1S/C26H24FNO4S/c1-16(2)32-20-6-3-5-18(15-20)24(29)22-23(21-7-4-14-33-21)28(26(31)25(22)30)13-12-17-8-10-19(27)11-9-17/h3-11,14-16,23,29H,12-13H2,1-2H3/b24-22-. The van der Waals surface area contributed by atoms with Gasteiger partial charge in [-0.15, -0.1) is 11.3 Å². The summed E-state index contributed by atoms with van der Waals surface area (Å²) in [4.78, 5) is 28.3. The number of amides is 1. The summed E-state index contributed by atoms with van der Waals surface area (Å²) in [6.45, 7) is 4.05. The van der Waals surface area contributed by atoms with Crippen molar-refractivity contribution in [2.24, 2.45) is 0 Å². The minimum Gasteiger partial charge on any atom is -0.507 e. The van der Waals surface area contributed by atoms with Crippen LogP contribution < -0.4 is 4.74 Å². The number of aliphatic hydroxyl groups excluding tert-OH is 1. The highest BCUT2D eigenvalue weighted by Gasteiger charge is 2.46. The van der Waals surface area contributed by atoms with Crippen LogP contribution >= 0.6 is 11.3 Å². The number of carbonyl (C=O) groups is 2. The van der Waals surface area contributed by atoms with Gasteiger partial charge in [0.1, 0.15) is 17.3 Å². The van der Waals surface area contributed by atoms with Crippen molar-refractivity contribution in [3.05, 3.63) is 93.4 Å². The Morgan fingerprint density at radius 1 is 1.12 bits per heavy atom. The Bertz CT molecular complexity index is 1190. The number of halogens is 1. The number of ketones is 1. The lowest BCUT2D eigenvalue weighted by Crippen LogP contribution is -2.31. The molecule has 0 radical (unpaired) electrons. The van der Waals surface area contributed by atoms with Crippen LogP contribution in [-0.4, -0.2) is 34.3 Å². The zero-order chi connectivity index (χ0) is 23.5. The molecule has 1 N–H and O–H groups in total. The lowest BCUT2D eigenvalue weighted by Gasteiger charge is -2.24. The Hall–Kier alpha value is -3.45. The molecule has 170 valence electrons. The SMILES string of the molecule is CC(C)Oc1cccc(/C(O)=C2/C(=O)C(=O)N(CCc3ccc(F)cc3)C2c2cccs2)c1. The van der Waals surface area contributed by atoms with Crippen LogP contribution in [0, 0.1) is 5.82 Å². The van der Waals surface area contributed by atoms with Crippen LogP contribution in [0.4, 0.5) is 4.39 Å². The Morgan fingerprint density at radius 3 is 2.55 bits per heavy atom. The molecule has 7 heteroatoms. The first-order chi connectivity index (χ1) is 15.8. The van der Waals surface area contributed by atoms with E-state index in [1.54, 1.807) is 36.4 Å². The largest absolute Gasteiger partial charge is 0.507 e. The molecular formula is C26H24FNO4S. The van der Waals surface area contributed by atoms with Gasteiger partial charge in [0.2, 0.25) is 0 Å². The highest BCUT2D eigenvalue weighted by atomic mass is 32.1. The summed E-state index contributed by atoms with van der Waals surface area (Å²) < 4.78 is 18.9. The molecular weight excluding hydrogens is 441 g/mol. The molecule has 5 nitrogen and oxygen atoms in total. The summed E-state index contributed by atoms with van der Waals surface area (Å²) in [6, 6.07) is 15.9. The second kappa shape index (κ2) is 9.58. The maximum atomic E-state index is 13.2. The number of likely N-dealkylation sites (tertiary alicyclic amines) is 1. The Balaban J connectivity index is 1.71. The van der Waals surface area contributed by atoms with Gasteiger partial charge in [0, 0.05) is 17.0 Å². The first-order valence-corrected chi connectivity index (χ1v) is 11.6. The first kappa shape index (κ1) is 22.7. The molecule has 1 aliphatic rings. The number of rotatable bonds is 7. The molecule has 1 atom stereocenters. The number of aliphatic hydroxyl groups is 1. The maximum Gasteiger partial charge on any atom is 0.295 e. The number of thiophene rings is 1. The number of hydrogen-bond donors (Lipinski definition) is 1. The van der Waals surface area contributed by atoms with Crippen LogP contribution in [0.15, 0.2) is 71.6 Å². The third-order valence-corrected chi connectivity index (χ3v) is 6.31. The molecule has 33 heavy (non-hydrogen) atoms. The number of Topliss-reactive ketones (excluding diaryl/α,β-unsaturated/α-hetero) is 1. The molecule has 0 saturated carbocycles. The van der Waals surface area contributed by atoms with Gasteiger partial charge in [0.05, 0.1) is 17.7 Å². The molecule has 2 heterocycles. The summed E-state index contributed by atoms with van der Waals surface area (Å²) in [5, 5.41) is 13.0. The van der Waals surface area contributed by atoms with E-state index in [1.807, 2.05) is 31.4 Å². The molecule has 3 aromatic rings. The molecule has 0 spiro atoms. The number of ether oxygens (including phenoxy) is 1. The second-order valence-corrected chi connectivity index (χ2v) is 9.06. The average Bonchev–Trinajstić information content (AvgIpc) is 3.40. The predicted octanol–water partition coefficient (Wildman–Crippen LogP) is 5.34. The van der Waals surface area contributed by atoms with Crippen molar-refractivity contribution in [2.45, 2.75) is 32.4 Å². The van der Waals surface area contributed by atoms with Gasteiger partial charge in [0.25, 0.3) is 11.7 Å². The number of benzene rings is 2. The molecule has 1 amide bonds. The van der Waals surface area contributed by atoms with Crippen molar-refractivity contribution in [3.63, 3.8) is 0 Å². The molecule has 2 aromatic carbocycles. The van der Waals surface area contributed by atoms with Gasteiger partial charge < -0.3 is 14.7 Å². The highest BCUT2D eigenvalue weighted by molar-refractivity contribution is 7.10. The van der Waals surface area contributed by atoms with Crippen LogP contribution in [0.25, 0.3) is 5.76 Å². The lowest BCUT2D eigenvalue weighted by atomic mass is 9.99. The van der Waals surface area contributed by atoms with Gasteiger partial charge in [-0.1, -0.05) is 30.3 Å². The first-order valence-electron chi connectivity index (χ1n) is 10.7. The van der Waals surface area contributed by atoms with Crippen LogP contribution in [0.3, 0.4) is 0 Å². The van der Waals surface area contributed by atoms with Gasteiger partial charge >= 0.3 is 0 Å². The summed E-state index contributed by atoms with van der Waals surface area (Å²) >= 11 is 1.41. The quantitative estimate of drug-likeness (QED) is 0.291. The molecule has 1 saturated heterocycles. The maximum absolute atomic E-state index is 13.2. The smallest absolute Gasteiger partial charge is 0.295 e. The van der Waals surface area contributed by atoms with E-state index in [0.717, 1.165) is 10.4 Å². The highest BCUT2D eigenvalue weighted by Crippen LogP contribution is 2.41. The summed E-state index contributed by atoms with van der Waals surface area (Å²) in [5.74, 6) is -1.38. The fraction of sp³-hybridized carbons (Fsp3) is 0.231. The Morgan fingerprint density at radius 2 is 1.88 bits per heavy atom. The molecule has 0 aliphatic carbocycles. The number of hydrogen-bond acceptors (Lipinski definition) is 5. The zero-order valence-corrected chi connectivity index (χ0v) is 19.1. The molecule has 1 aliphatic heterocycles. The van der Waals surface area contributed by atoms with E-state index in [1.165, 1.54) is 28.4 Å². The number of nitrogens with zero attached hydrogens (tertiary/aromatic N) is 1. The van der Waals surface area contributed by atoms with Crippen molar-refractivity contribution in [3.8, 4) is 5.75 Å². The minimum absolute atomic E-state index is 0.0504. The minimum atomic E-state index is -0.722. The molecule has 1 fully saturated rings. The van der Waals surface area contributed by atoms with E-state index < -0.39 is 17.7 Å². The van der Waals surface area contributed by atoms with Gasteiger partial charge in [-0.25, -0.2) is 4.39 Å². The van der Waals surface area contributed by atoms with E-state index in [0.29, 0.717) is 17.7 Å².